The minimum Gasteiger partial charge on any atom is -0.316 e. The van der Waals surface area contributed by atoms with E-state index in [1.54, 1.807) is 13.8 Å². The zero-order chi connectivity index (χ0) is 15.8. The van der Waals surface area contributed by atoms with Crippen molar-refractivity contribution in [3.8, 4) is 0 Å². The molecule has 0 aromatic carbocycles. The highest BCUT2D eigenvalue weighted by molar-refractivity contribution is 7.90. The van der Waals surface area contributed by atoms with Crippen LogP contribution in [0.3, 0.4) is 0 Å². The SMILES string of the molecule is CC(C)S(=O)(=O)NC1CCC2(CC1)CN(C[C@H]1CCNC1)C2. The van der Waals surface area contributed by atoms with Gasteiger partial charge in [0.2, 0.25) is 10.0 Å². The van der Waals surface area contributed by atoms with Gasteiger partial charge in [-0.05, 0) is 70.4 Å². The van der Waals surface area contributed by atoms with E-state index in [-0.39, 0.29) is 11.3 Å². The highest BCUT2D eigenvalue weighted by Crippen LogP contribution is 2.44. The van der Waals surface area contributed by atoms with E-state index in [0.717, 1.165) is 18.8 Å². The lowest BCUT2D eigenvalue weighted by atomic mass is 9.67. The number of hydrogen-bond donors (Lipinski definition) is 2. The van der Waals surface area contributed by atoms with Crippen molar-refractivity contribution in [3.63, 3.8) is 0 Å². The third kappa shape index (κ3) is 3.66. The molecule has 22 heavy (non-hydrogen) atoms. The molecule has 6 heteroatoms. The average molecular weight is 330 g/mol. The molecule has 2 heterocycles. The molecule has 2 saturated heterocycles. The minimum absolute atomic E-state index is 0.158. The van der Waals surface area contributed by atoms with Crippen LogP contribution < -0.4 is 10.0 Å². The Kier molecular flexibility index (Phi) is 4.84. The second-order valence-electron chi connectivity index (χ2n) is 8.01. The van der Waals surface area contributed by atoms with Crippen LogP contribution in [0.15, 0.2) is 0 Å². The molecule has 0 unspecified atom stereocenters. The number of nitrogens with one attached hydrogen (secondary N) is 2. The van der Waals surface area contributed by atoms with E-state index in [2.05, 4.69) is 14.9 Å². The van der Waals surface area contributed by atoms with E-state index in [1.807, 2.05) is 0 Å². The molecular formula is C16H31N3O2S. The van der Waals surface area contributed by atoms with Gasteiger partial charge in [0.15, 0.2) is 0 Å². The average Bonchev–Trinajstić information content (AvgIpc) is 2.92. The molecule has 3 rings (SSSR count). The quantitative estimate of drug-likeness (QED) is 0.795. The fourth-order valence-corrected chi connectivity index (χ4v) is 5.27. The summed E-state index contributed by atoms with van der Waals surface area (Å²) in [6.07, 6.45) is 5.69. The van der Waals surface area contributed by atoms with E-state index in [0.29, 0.717) is 5.41 Å². The monoisotopic (exact) mass is 329 g/mol. The van der Waals surface area contributed by atoms with Crippen molar-refractivity contribution in [2.75, 3.05) is 32.7 Å². The molecule has 3 fully saturated rings. The molecule has 2 N–H and O–H groups in total. The molecule has 3 aliphatic rings. The predicted octanol–water partition coefficient (Wildman–Crippen LogP) is 1.17. The summed E-state index contributed by atoms with van der Waals surface area (Å²) in [7, 11) is -3.12. The summed E-state index contributed by atoms with van der Waals surface area (Å²) in [6, 6.07) is 0.158. The van der Waals surface area contributed by atoms with Crippen LogP contribution in [0.5, 0.6) is 0 Å². The fourth-order valence-electron chi connectivity index (χ4n) is 4.30. The molecule has 0 bridgehead atoms. The van der Waals surface area contributed by atoms with Gasteiger partial charge in [-0.3, -0.25) is 0 Å². The Morgan fingerprint density at radius 1 is 1.23 bits per heavy atom. The molecule has 1 spiro atoms. The Morgan fingerprint density at radius 2 is 1.91 bits per heavy atom. The zero-order valence-electron chi connectivity index (χ0n) is 14.0. The predicted molar refractivity (Wildman–Crippen MR) is 89.3 cm³/mol. The maximum atomic E-state index is 12.0. The van der Waals surface area contributed by atoms with Crippen LogP contribution in [0.2, 0.25) is 0 Å². The molecular weight excluding hydrogens is 298 g/mol. The molecule has 5 nitrogen and oxygen atoms in total. The van der Waals surface area contributed by atoms with Crippen molar-refractivity contribution in [2.24, 2.45) is 11.3 Å². The third-order valence-electron chi connectivity index (χ3n) is 5.79. The smallest absolute Gasteiger partial charge is 0.214 e. The summed E-state index contributed by atoms with van der Waals surface area (Å²) in [6.45, 7) is 9.56. The van der Waals surface area contributed by atoms with Gasteiger partial charge in [0, 0.05) is 25.7 Å². The topological polar surface area (TPSA) is 61.4 Å². The lowest BCUT2D eigenvalue weighted by Gasteiger charge is -2.54. The van der Waals surface area contributed by atoms with E-state index < -0.39 is 10.0 Å². The molecule has 1 aliphatic carbocycles. The molecule has 2 aliphatic heterocycles. The van der Waals surface area contributed by atoms with E-state index in [4.69, 9.17) is 0 Å². The van der Waals surface area contributed by atoms with Crippen LogP contribution in [-0.4, -0.2) is 57.3 Å². The van der Waals surface area contributed by atoms with Crippen molar-refractivity contribution >= 4 is 10.0 Å². The number of likely N-dealkylation sites (tertiary alicyclic amines) is 1. The molecule has 0 aromatic heterocycles. The van der Waals surface area contributed by atoms with Gasteiger partial charge >= 0.3 is 0 Å². The van der Waals surface area contributed by atoms with Gasteiger partial charge in [-0.1, -0.05) is 0 Å². The van der Waals surface area contributed by atoms with Gasteiger partial charge in [0.1, 0.15) is 0 Å². The van der Waals surface area contributed by atoms with Crippen LogP contribution in [0.25, 0.3) is 0 Å². The highest BCUT2D eigenvalue weighted by atomic mass is 32.2. The number of sulfonamides is 1. The Balaban J connectivity index is 1.41. The summed E-state index contributed by atoms with van der Waals surface area (Å²) >= 11 is 0. The van der Waals surface area contributed by atoms with E-state index in [9.17, 15) is 8.42 Å². The second kappa shape index (κ2) is 6.38. The molecule has 0 radical (unpaired) electrons. The number of hydrogen-bond acceptors (Lipinski definition) is 4. The summed E-state index contributed by atoms with van der Waals surface area (Å²) in [5.41, 5.74) is 0.492. The maximum Gasteiger partial charge on any atom is 0.214 e. The standard InChI is InChI=1S/C16H31N3O2S/c1-13(2)22(20,21)18-15-3-6-16(7-4-15)11-19(12-16)10-14-5-8-17-9-14/h13-15,17-18H,3-12H2,1-2H3/t14-/m0/s1. The Bertz CT molecular complexity index is 470. The first-order chi connectivity index (χ1) is 10.4. The van der Waals surface area contributed by atoms with Crippen molar-refractivity contribution < 1.29 is 8.42 Å². The van der Waals surface area contributed by atoms with Crippen LogP contribution in [-0.2, 0) is 10.0 Å². The first-order valence-corrected chi connectivity index (χ1v) is 10.4. The molecule has 0 amide bonds. The highest BCUT2D eigenvalue weighted by Gasteiger charge is 2.45. The normalized spacial score (nSPS) is 30.0. The first kappa shape index (κ1) is 16.7. The summed E-state index contributed by atoms with van der Waals surface area (Å²) < 4.78 is 26.8. The summed E-state index contributed by atoms with van der Waals surface area (Å²) in [4.78, 5) is 2.61. The molecule has 1 saturated carbocycles. The van der Waals surface area contributed by atoms with Gasteiger partial charge in [-0.25, -0.2) is 13.1 Å². The minimum atomic E-state index is -3.12. The number of nitrogens with zero attached hydrogens (tertiary/aromatic N) is 1. The van der Waals surface area contributed by atoms with Crippen molar-refractivity contribution in [3.05, 3.63) is 0 Å². The largest absolute Gasteiger partial charge is 0.316 e. The van der Waals surface area contributed by atoms with E-state index in [1.165, 1.54) is 52.0 Å². The fraction of sp³-hybridized carbons (Fsp3) is 1.00. The van der Waals surface area contributed by atoms with Gasteiger partial charge in [-0.15, -0.1) is 0 Å². The Hall–Kier alpha value is -0.170. The van der Waals surface area contributed by atoms with Gasteiger partial charge in [-0.2, -0.15) is 0 Å². The Labute approximate surface area is 135 Å². The lowest BCUT2D eigenvalue weighted by molar-refractivity contribution is -0.0387. The molecule has 128 valence electrons. The van der Waals surface area contributed by atoms with Gasteiger partial charge in [0.05, 0.1) is 5.25 Å². The van der Waals surface area contributed by atoms with Crippen LogP contribution >= 0.6 is 0 Å². The van der Waals surface area contributed by atoms with Gasteiger partial charge < -0.3 is 10.2 Å². The van der Waals surface area contributed by atoms with Crippen LogP contribution in [0, 0.1) is 11.3 Å². The summed E-state index contributed by atoms with van der Waals surface area (Å²) in [5.74, 6) is 0.839. The zero-order valence-corrected chi connectivity index (χ0v) is 14.8. The first-order valence-electron chi connectivity index (χ1n) is 8.83. The maximum absolute atomic E-state index is 12.0. The van der Waals surface area contributed by atoms with E-state index >= 15 is 0 Å². The van der Waals surface area contributed by atoms with Gasteiger partial charge in [0.25, 0.3) is 0 Å². The van der Waals surface area contributed by atoms with Crippen LogP contribution in [0.1, 0.15) is 46.0 Å². The molecule has 0 aromatic rings. The van der Waals surface area contributed by atoms with Crippen molar-refractivity contribution in [1.82, 2.24) is 14.9 Å². The summed E-state index contributed by atoms with van der Waals surface area (Å²) in [5, 5.41) is 3.11. The van der Waals surface area contributed by atoms with Crippen molar-refractivity contribution in [2.45, 2.75) is 57.2 Å². The lowest BCUT2D eigenvalue weighted by Crippen LogP contribution is -2.59. The Morgan fingerprint density at radius 3 is 2.45 bits per heavy atom. The second-order valence-corrected chi connectivity index (χ2v) is 10.3. The third-order valence-corrected chi connectivity index (χ3v) is 7.70. The molecule has 1 atom stereocenters. The van der Waals surface area contributed by atoms with Crippen molar-refractivity contribution in [1.29, 1.82) is 0 Å². The number of rotatable bonds is 5. The van der Waals surface area contributed by atoms with Crippen LogP contribution in [0.4, 0.5) is 0 Å².